The maximum absolute atomic E-state index is 12.7. The lowest BCUT2D eigenvalue weighted by Gasteiger charge is -2.14. The van der Waals surface area contributed by atoms with Crippen LogP contribution in [0.2, 0.25) is 0 Å². The minimum atomic E-state index is -0.624. The van der Waals surface area contributed by atoms with Crippen molar-refractivity contribution in [3.63, 3.8) is 0 Å². The lowest BCUT2D eigenvalue weighted by Crippen LogP contribution is -2.13. The van der Waals surface area contributed by atoms with E-state index >= 15 is 0 Å². The zero-order chi connectivity index (χ0) is 26.9. The molecule has 3 aromatic rings. The summed E-state index contributed by atoms with van der Waals surface area (Å²) in [7, 11) is 2.74. The number of anilines is 1. The number of nitrogens with one attached hydrogen (secondary N) is 1. The Labute approximate surface area is 225 Å². The summed E-state index contributed by atoms with van der Waals surface area (Å²) in [5.41, 5.74) is 1.85. The number of methoxy groups -OCH3 is 2. The topological polar surface area (TPSA) is 141 Å². The summed E-state index contributed by atoms with van der Waals surface area (Å²) in [6, 6.07) is 17.3. The van der Waals surface area contributed by atoms with Gasteiger partial charge in [-0.3, -0.25) is 14.9 Å². The molecule has 0 fully saturated rings. The Morgan fingerprint density at radius 3 is 2.35 bits per heavy atom. The van der Waals surface area contributed by atoms with Gasteiger partial charge in [0, 0.05) is 17.8 Å². The molecule has 0 unspecified atom stereocenters. The van der Waals surface area contributed by atoms with E-state index in [1.807, 2.05) is 6.07 Å². The Hall–Kier alpha value is -4.44. The molecule has 11 heteroatoms. The van der Waals surface area contributed by atoms with E-state index in [1.54, 1.807) is 24.3 Å². The molecule has 0 heterocycles. The number of nitro benzene ring substituents is 1. The first-order chi connectivity index (χ1) is 17.7. The molecule has 188 valence electrons. The van der Waals surface area contributed by atoms with Crippen LogP contribution in [0.25, 0.3) is 6.08 Å². The van der Waals surface area contributed by atoms with Crippen LogP contribution in [-0.4, -0.2) is 31.0 Å². The maximum Gasteiger partial charge on any atom is 0.337 e. The zero-order valence-electron chi connectivity index (χ0n) is 19.7. The van der Waals surface area contributed by atoms with Gasteiger partial charge < -0.3 is 19.5 Å². The number of nitriles is 1. The second-order valence-electron chi connectivity index (χ2n) is 7.44. The molecule has 0 spiro atoms. The molecule has 3 rings (SSSR count). The molecule has 0 atom stereocenters. The van der Waals surface area contributed by atoms with Gasteiger partial charge in [-0.2, -0.15) is 5.26 Å². The molecule has 0 bridgehead atoms. The SMILES string of the molecule is COC(=O)c1ccc(NC(=O)/C(C#N)=C/c2cc(I)c(OCc3ccc([N+](=O)[O-])cc3)c(OC)c2)cc1. The number of halogens is 1. The fourth-order valence-electron chi connectivity index (χ4n) is 3.15. The van der Waals surface area contributed by atoms with Gasteiger partial charge in [0.05, 0.1) is 28.3 Å². The molecule has 1 N–H and O–H groups in total. The number of hydrogen-bond acceptors (Lipinski definition) is 8. The van der Waals surface area contributed by atoms with Gasteiger partial charge in [0.25, 0.3) is 11.6 Å². The highest BCUT2D eigenvalue weighted by molar-refractivity contribution is 14.1. The summed E-state index contributed by atoms with van der Waals surface area (Å²) in [6.45, 7) is 0.153. The average molecular weight is 613 g/mol. The van der Waals surface area contributed by atoms with Crippen molar-refractivity contribution < 1.29 is 28.7 Å². The third-order valence-corrected chi connectivity index (χ3v) is 5.82. The van der Waals surface area contributed by atoms with Crippen LogP contribution in [0.4, 0.5) is 11.4 Å². The molecular formula is C26H20IN3O7. The largest absolute Gasteiger partial charge is 0.493 e. The van der Waals surface area contributed by atoms with Crippen LogP contribution in [0.15, 0.2) is 66.2 Å². The van der Waals surface area contributed by atoms with Gasteiger partial charge in [-0.1, -0.05) is 0 Å². The van der Waals surface area contributed by atoms with Crippen molar-refractivity contribution in [1.29, 1.82) is 5.26 Å². The average Bonchev–Trinajstić information content (AvgIpc) is 2.90. The summed E-state index contributed by atoms with van der Waals surface area (Å²) in [4.78, 5) is 34.6. The monoisotopic (exact) mass is 613 g/mol. The Balaban J connectivity index is 1.76. The summed E-state index contributed by atoms with van der Waals surface area (Å²) in [5, 5.41) is 23.0. The predicted molar refractivity (Wildman–Crippen MR) is 143 cm³/mol. The smallest absolute Gasteiger partial charge is 0.337 e. The first-order valence-corrected chi connectivity index (χ1v) is 11.7. The Kier molecular flexibility index (Phi) is 9.17. The molecule has 37 heavy (non-hydrogen) atoms. The number of non-ortho nitro benzene ring substituents is 1. The number of nitro groups is 1. The van der Waals surface area contributed by atoms with E-state index in [2.05, 4.69) is 32.6 Å². The van der Waals surface area contributed by atoms with Crippen LogP contribution in [-0.2, 0) is 16.1 Å². The number of esters is 1. The highest BCUT2D eigenvalue weighted by Crippen LogP contribution is 2.35. The van der Waals surface area contributed by atoms with Crippen LogP contribution in [0.3, 0.4) is 0 Å². The number of carbonyl (C=O) groups is 2. The molecule has 0 aliphatic carbocycles. The molecule has 0 aromatic heterocycles. The Bertz CT molecular complexity index is 1400. The number of carbonyl (C=O) groups excluding carboxylic acids is 2. The highest BCUT2D eigenvalue weighted by atomic mass is 127. The van der Waals surface area contributed by atoms with Crippen LogP contribution in [0.1, 0.15) is 21.5 Å². The maximum atomic E-state index is 12.7. The van der Waals surface area contributed by atoms with Crippen molar-refractivity contribution in [2.75, 3.05) is 19.5 Å². The standard InChI is InChI=1S/C26H20IN3O7/c1-35-23-13-17(12-22(27)24(23)37-15-16-3-9-21(10-4-16)30(33)34)11-19(14-28)25(31)29-20-7-5-18(6-8-20)26(32)36-2/h3-13H,15H2,1-2H3,(H,29,31)/b19-11+. The highest BCUT2D eigenvalue weighted by Gasteiger charge is 2.15. The molecule has 3 aromatic carbocycles. The van der Waals surface area contributed by atoms with Crippen molar-refractivity contribution in [3.8, 4) is 17.6 Å². The van der Waals surface area contributed by atoms with Gasteiger partial charge in [0.15, 0.2) is 11.5 Å². The Morgan fingerprint density at radius 1 is 1.11 bits per heavy atom. The molecule has 0 radical (unpaired) electrons. The van der Waals surface area contributed by atoms with Crippen LogP contribution in [0, 0.1) is 25.0 Å². The van der Waals surface area contributed by atoms with E-state index in [4.69, 9.17) is 9.47 Å². The minimum Gasteiger partial charge on any atom is -0.493 e. The summed E-state index contributed by atoms with van der Waals surface area (Å²) >= 11 is 2.05. The fourth-order valence-corrected chi connectivity index (χ4v) is 3.93. The third-order valence-electron chi connectivity index (χ3n) is 5.02. The first kappa shape index (κ1) is 27.2. The Morgan fingerprint density at radius 2 is 1.78 bits per heavy atom. The van der Waals surface area contributed by atoms with E-state index in [1.165, 1.54) is 56.7 Å². The van der Waals surface area contributed by atoms with Crippen molar-refractivity contribution >= 4 is 51.9 Å². The van der Waals surface area contributed by atoms with Crippen molar-refractivity contribution in [1.82, 2.24) is 0 Å². The van der Waals surface area contributed by atoms with Gasteiger partial charge in [-0.05, 0) is 88.3 Å². The lowest BCUT2D eigenvalue weighted by molar-refractivity contribution is -0.384. The summed E-state index contributed by atoms with van der Waals surface area (Å²) in [5.74, 6) is -0.289. The minimum absolute atomic E-state index is 0.0115. The number of hydrogen-bond donors (Lipinski definition) is 1. The zero-order valence-corrected chi connectivity index (χ0v) is 21.8. The second-order valence-corrected chi connectivity index (χ2v) is 8.60. The molecule has 1 amide bonds. The van der Waals surface area contributed by atoms with E-state index in [-0.39, 0.29) is 17.9 Å². The number of rotatable bonds is 9. The third kappa shape index (κ3) is 7.05. The van der Waals surface area contributed by atoms with Gasteiger partial charge in [-0.25, -0.2) is 4.79 Å². The van der Waals surface area contributed by atoms with Gasteiger partial charge in [-0.15, -0.1) is 0 Å². The van der Waals surface area contributed by atoms with Gasteiger partial charge in [0.2, 0.25) is 0 Å². The summed E-state index contributed by atoms with van der Waals surface area (Å²) < 4.78 is 16.7. The van der Waals surface area contributed by atoms with Crippen molar-refractivity contribution in [2.45, 2.75) is 6.61 Å². The normalized spacial score (nSPS) is 10.7. The van der Waals surface area contributed by atoms with E-state index in [0.29, 0.717) is 31.9 Å². The number of amides is 1. The summed E-state index contributed by atoms with van der Waals surface area (Å²) in [6.07, 6.45) is 1.42. The van der Waals surface area contributed by atoms with Crippen LogP contribution >= 0.6 is 22.6 Å². The number of benzene rings is 3. The van der Waals surface area contributed by atoms with E-state index in [9.17, 15) is 25.0 Å². The molecule has 0 aliphatic heterocycles. The van der Waals surface area contributed by atoms with Crippen LogP contribution in [0.5, 0.6) is 11.5 Å². The number of nitrogens with zero attached hydrogens (tertiary/aromatic N) is 2. The molecule has 0 aliphatic rings. The first-order valence-electron chi connectivity index (χ1n) is 10.6. The van der Waals surface area contributed by atoms with Crippen LogP contribution < -0.4 is 14.8 Å². The van der Waals surface area contributed by atoms with E-state index in [0.717, 1.165) is 5.56 Å². The molecule has 0 saturated carbocycles. The second kappa shape index (κ2) is 12.5. The lowest BCUT2D eigenvalue weighted by atomic mass is 10.1. The van der Waals surface area contributed by atoms with Crippen molar-refractivity contribution in [3.05, 3.63) is 96.6 Å². The number of ether oxygens (including phenoxy) is 3. The molecule has 10 nitrogen and oxygen atoms in total. The van der Waals surface area contributed by atoms with E-state index < -0.39 is 16.8 Å². The molecular weight excluding hydrogens is 593 g/mol. The van der Waals surface area contributed by atoms with Crippen molar-refractivity contribution in [2.24, 2.45) is 0 Å². The molecule has 0 saturated heterocycles. The van der Waals surface area contributed by atoms with Gasteiger partial charge >= 0.3 is 5.97 Å². The predicted octanol–water partition coefficient (Wildman–Crippen LogP) is 5.12. The quantitative estimate of drug-likeness (QED) is 0.0876. The fraction of sp³-hybridized carbons (Fsp3) is 0.115. The van der Waals surface area contributed by atoms with Gasteiger partial charge in [0.1, 0.15) is 18.2 Å².